The standard InChI is InChI=1S/C12H15OP/c1-9-3-5-12(8-14)11(7-9)6-4-10(2)13/h3-7H,8,14H2,1-2H3/b6-4-. The molecule has 0 heterocycles. The Labute approximate surface area is 87.4 Å². The van der Waals surface area contributed by atoms with Crippen molar-refractivity contribution >= 4 is 21.1 Å². The molecule has 0 bridgehead atoms. The van der Waals surface area contributed by atoms with Gasteiger partial charge in [0.25, 0.3) is 0 Å². The molecule has 0 aliphatic carbocycles. The normalized spacial score (nSPS) is 10.8. The summed E-state index contributed by atoms with van der Waals surface area (Å²) < 4.78 is 0. The van der Waals surface area contributed by atoms with E-state index in [2.05, 4.69) is 34.4 Å². The number of allylic oxidation sites excluding steroid dienone is 1. The Balaban J connectivity index is 3.04. The molecule has 0 saturated heterocycles. The van der Waals surface area contributed by atoms with Gasteiger partial charge >= 0.3 is 0 Å². The van der Waals surface area contributed by atoms with Gasteiger partial charge in [0.05, 0.1) is 0 Å². The van der Waals surface area contributed by atoms with E-state index >= 15 is 0 Å². The third kappa shape index (κ3) is 3.08. The van der Waals surface area contributed by atoms with E-state index in [-0.39, 0.29) is 5.78 Å². The van der Waals surface area contributed by atoms with Gasteiger partial charge in [-0.05, 0) is 37.2 Å². The lowest BCUT2D eigenvalue weighted by Crippen LogP contribution is -1.87. The first-order valence-electron chi connectivity index (χ1n) is 4.61. The third-order valence-corrected chi connectivity index (χ3v) is 2.46. The van der Waals surface area contributed by atoms with E-state index in [0.29, 0.717) is 0 Å². The second-order valence-electron chi connectivity index (χ2n) is 3.35. The second kappa shape index (κ2) is 5.07. The highest BCUT2D eigenvalue weighted by molar-refractivity contribution is 7.15. The van der Waals surface area contributed by atoms with Crippen molar-refractivity contribution < 1.29 is 4.79 Å². The number of hydrogen-bond donors (Lipinski definition) is 0. The SMILES string of the molecule is CC(=O)/C=C\c1cc(C)ccc1CP. The summed E-state index contributed by atoms with van der Waals surface area (Å²) in [6, 6.07) is 6.28. The van der Waals surface area contributed by atoms with Gasteiger partial charge in [-0.3, -0.25) is 4.79 Å². The molecule has 1 rings (SSSR count). The van der Waals surface area contributed by atoms with Crippen molar-refractivity contribution in [1.29, 1.82) is 0 Å². The summed E-state index contributed by atoms with van der Waals surface area (Å²) in [5.74, 6) is 0.0845. The molecule has 0 N–H and O–H groups in total. The first-order chi connectivity index (χ1) is 6.63. The van der Waals surface area contributed by atoms with E-state index in [4.69, 9.17) is 0 Å². The van der Waals surface area contributed by atoms with E-state index in [1.807, 2.05) is 6.08 Å². The van der Waals surface area contributed by atoms with Crippen LogP contribution in [0.4, 0.5) is 0 Å². The van der Waals surface area contributed by atoms with Crippen molar-refractivity contribution in [2.24, 2.45) is 0 Å². The Hall–Kier alpha value is -0.940. The molecule has 0 spiro atoms. The quantitative estimate of drug-likeness (QED) is 0.549. The van der Waals surface area contributed by atoms with Crippen LogP contribution in [0.25, 0.3) is 6.08 Å². The molecule has 1 aromatic rings. The number of hydrogen-bond acceptors (Lipinski definition) is 1. The molecule has 14 heavy (non-hydrogen) atoms. The molecule has 1 aromatic carbocycles. The van der Waals surface area contributed by atoms with Gasteiger partial charge in [0.15, 0.2) is 5.78 Å². The summed E-state index contributed by atoms with van der Waals surface area (Å²) in [6.45, 7) is 3.62. The number of carbonyl (C=O) groups is 1. The second-order valence-corrected chi connectivity index (χ2v) is 3.76. The zero-order valence-corrected chi connectivity index (χ0v) is 9.73. The molecule has 1 atom stereocenters. The van der Waals surface area contributed by atoms with Crippen molar-refractivity contribution in [1.82, 2.24) is 0 Å². The highest BCUT2D eigenvalue weighted by atomic mass is 31.0. The van der Waals surface area contributed by atoms with Gasteiger partial charge in [-0.2, -0.15) is 0 Å². The van der Waals surface area contributed by atoms with Crippen molar-refractivity contribution in [3.63, 3.8) is 0 Å². The first kappa shape index (κ1) is 11.1. The molecule has 0 fully saturated rings. The van der Waals surface area contributed by atoms with Crippen LogP contribution in [-0.4, -0.2) is 5.78 Å². The lowest BCUT2D eigenvalue weighted by atomic mass is 10.0. The van der Waals surface area contributed by atoms with Crippen LogP contribution in [0.5, 0.6) is 0 Å². The zero-order valence-electron chi connectivity index (χ0n) is 8.58. The number of ketones is 1. The van der Waals surface area contributed by atoms with Gasteiger partial charge in [0.1, 0.15) is 0 Å². The summed E-state index contributed by atoms with van der Waals surface area (Å²) in [7, 11) is 2.70. The molecular formula is C12H15OP. The molecule has 0 radical (unpaired) electrons. The van der Waals surface area contributed by atoms with Gasteiger partial charge in [-0.25, -0.2) is 0 Å². The maximum absolute atomic E-state index is 10.8. The van der Waals surface area contributed by atoms with Crippen LogP contribution in [0.15, 0.2) is 24.3 Å². The number of aryl methyl sites for hydroxylation is 1. The Kier molecular flexibility index (Phi) is 4.03. The minimum atomic E-state index is 0.0845. The fraction of sp³-hybridized carbons (Fsp3) is 0.250. The Morgan fingerprint density at radius 3 is 2.79 bits per heavy atom. The lowest BCUT2D eigenvalue weighted by molar-refractivity contribution is -0.112. The lowest BCUT2D eigenvalue weighted by Gasteiger charge is -2.03. The van der Waals surface area contributed by atoms with Crippen LogP contribution >= 0.6 is 9.24 Å². The monoisotopic (exact) mass is 206 g/mol. The Morgan fingerprint density at radius 2 is 2.21 bits per heavy atom. The minimum absolute atomic E-state index is 0.0845. The first-order valence-corrected chi connectivity index (χ1v) is 5.43. The van der Waals surface area contributed by atoms with Crippen molar-refractivity contribution in [3.8, 4) is 0 Å². The Morgan fingerprint density at radius 1 is 1.50 bits per heavy atom. The molecule has 0 aliphatic rings. The zero-order chi connectivity index (χ0) is 10.6. The van der Waals surface area contributed by atoms with Crippen LogP contribution < -0.4 is 0 Å². The number of carbonyl (C=O) groups excluding carboxylic acids is 1. The third-order valence-electron chi connectivity index (χ3n) is 2.02. The van der Waals surface area contributed by atoms with Crippen molar-refractivity contribution in [2.75, 3.05) is 0 Å². The summed E-state index contributed by atoms with van der Waals surface area (Å²) in [4.78, 5) is 10.8. The molecule has 0 aliphatic heterocycles. The maximum atomic E-state index is 10.8. The Bertz CT molecular complexity index is 367. The van der Waals surface area contributed by atoms with Crippen molar-refractivity contribution in [2.45, 2.75) is 20.0 Å². The van der Waals surface area contributed by atoms with E-state index in [1.165, 1.54) is 11.1 Å². The molecular weight excluding hydrogens is 191 g/mol. The molecule has 2 heteroatoms. The summed E-state index contributed by atoms with van der Waals surface area (Å²) in [5.41, 5.74) is 3.60. The van der Waals surface area contributed by atoms with Gasteiger partial charge in [0, 0.05) is 0 Å². The van der Waals surface area contributed by atoms with E-state index < -0.39 is 0 Å². The minimum Gasteiger partial charge on any atom is -0.295 e. The molecule has 0 amide bonds. The predicted octanol–water partition coefficient (Wildman–Crippen LogP) is 2.97. The highest BCUT2D eigenvalue weighted by Crippen LogP contribution is 2.16. The molecule has 1 unspecified atom stereocenters. The summed E-state index contributed by atoms with van der Waals surface area (Å²) in [5, 5.41) is 0. The van der Waals surface area contributed by atoms with Gasteiger partial charge in [-0.1, -0.05) is 29.8 Å². The van der Waals surface area contributed by atoms with Crippen LogP contribution in [0.3, 0.4) is 0 Å². The highest BCUT2D eigenvalue weighted by Gasteiger charge is 1.97. The predicted molar refractivity (Wildman–Crippen MR) is 64.3 cm³/mol. The molecule has 0 saturated carbocycles. The van der Waals surface area contributed by atoms with Crippen LogP contribution in [-0.2, 0) is 11.0 Å². The smallest absolute Gasteiger partial charge is 0.152 e. The van der Waals surface area contributed by atoms with E-state index in [0.717, 1.165) is 11.7 Å². The molecule has 0 aromatic heterocycles. The maximum Gasteiger partial charge on any atom is 0.152 e. The van der Waals surface area contributed by atoms with Gasteiger partial charge in [0.2, 0.25) is 0 Å². The van der Waals surface area contributed by atoms with Crippen LogP contribution in [0.1, 0.15) is 23.6 Å². The largest absolute Gasteiger partial charge is 0.295 e. The summed E-state index contributed by atoms with van der Waals surface area (Å²) >= 11 is 0. The fourth-order valence-electron chi connectivity index (χ4n) is 1.26. The topological polar surface area (TPSA) is 17.1 Å². The van der Waals surface area contributed by atoms with E-state index in [9.17, 15) is 4.79 Å². The molecule has 1 nitrogen and oxygen atoms in total. The summed E-state index contributed by atoms with van der Waals surface area (Å²) in [6.07, 6.45) is 4.41. The fourth-order valence-corrected chi connectivity index (χ4v) is 1.63. The van der Waals surface area contributed by atoms with Crippen LogP contribution in [0.2, 0.25) is 0 Å². The number of benzene rings is 1. The van der Waals surface area contributed by atoms with Gasteiger partial charge in [-0.15, -0.1) is 9.24 Å². The van der Waals surface area contributed by atoms with Crippen molar-refractivity contribution in [3.05, 3.63) is 41.0 Å². The van der Waals surface area contributed by atoms with E-state index in [1.54, 1.807) is 13.0 Å². The average molecular weight is 206 g/mol. The average Bonchev–Trinajstić information content (AvgIpc) is 2.15. The number of rotatable bonds is 3. The van der Waals surface area contributed by atoms with Gasteiger partial charge < -0.3 is 0 Å². The molecule has 74 valence electrons. The van der Waals surface area contributed by atoms with Crippen LogP contribution in [0, 0.1) is 6.92 Å².